The molecule has 102 valence electrons. The van der Waals surface area contributed by atoms with Crippen LogP contribution in [-0.2, 0) is 6.42 Å². The van der Waals surface area contributed by atoms with E-state index in [2.05, 4.69) is 11.0 Å². The Hall–Kier alpha value is -1.56. The van der Waals surface area contributed by atoms with Gasteiger partial charge in [-0.3, -0.25) is 0 Å². The highest BCUT2D eigenvalue weighted by atomic mass is 19.1. The van der Waals surface area contributed by atoms with Crippen LogP contribution in [0.25, 0.3) is 0 Å². The van der Waals surface area contributed by atoms with Crippen LogP contribution in [0.15, 0.2) is 18.2 Å². The minimum Gasteiger partial charge on any atom is -0.371 e. The number of nitrogens with zero attached hydrogens (tertiary/aromatic N) is 2. The smallest absolute Gasteiger partial charge is 0.125 e. The summed E-state index contributed by atoms with van der Waals surface area (Å²) in [6, 6.07) is 7.40. The van der Waals surface area contributed by atoms with Crippen molar-refractivity contribution in [1.29, 1.82) is 5.26 Å². The van der Waals surface area contributed by atoms with Gasteiger partial charge < -0.3 is 4.90 Å². The van der Waals surface area contributed by atoms with E-state index in [4.69, 9.17) is 5.26 Å². The predicted molar refractivity (Wildman–Crippen MR) is 75.6 cm³/mol. The SMILES string of the molecule is CC(C)(C#N)CCCCN1CCc2ccc(F)cc21. The Morgan fingerprint density at radius 2 is 2.16 bits per heavy atom. The fourth-order valence-electron chi connectivity index (χ4n) is 2.58. The number of rotatable bonds is 5. The van der Waals surface area contributed by atoms with Crippen molar-refractivity contribution < 1.29 is 4.39 Å². The van der Waals surface area contributed by atoms with Crippen LogP contribution in [0.1, 0.15) is 38.7 Å². The molecule has 3 heteroatoms. The molecule has 0 saturated carbocycles. The minimum atomic E-state index is -0.227. The highest BCUT2D eigenvalue weighted by molar-refractivity contribution is 5.58. The Bertz CT molecular complexity index is 488. The standard InChI is InChI=1S/C16H21FN2/c1-16(2,12-18)8-3-4-9-19-10-7-13-5-6-14(17)11-15(13)19/h5-6,11H,3-4,7-10H2,1-2H3. The summed E-state index contributed by atoms with van der Waals surface area (Å²) >= 11 is 0. The van der Waals surface area contributed by atoms with Gasteiger partial charge in [-0.1, -0.05) is 12.5 Å². The van der Waals surface area contributed by atoms with Gasteiger partial charge in [-0.05, 0) is 50.8 Å². The maximum Gasteiger partial charge on any atom is 0.125 e. The van der Waals surface area contributed by atoms with Gasteiger partial charge in [0.25, 0.3) is 0 Å². The molecule has 1 aliphatic heterocycles. The normalized spacial score (nSPS) is 14.3. The van der Waals surface area contributed by atoms with Crippen LogP contribution in [0.5, 0.6) is 0 Å². The number of fused-ring (bicyclic) bond motifs is 1. The third kappa shape index (κ3) is 3.47. The van der Waals surface area contributed by atoms with E-state index in [0.29, 0.717) is 0 Å². The molecule has 0 fully saturated rings. The molecule has 0 saturated heterocycles. The van der Waals surface area contributed by atoms with Crippen LogP contribution < -0.4 is 4.90 Å². The van der Waals surface area contributed by atoms with Crippen LogP contribution in [-0.4, -0.2) is 13.1 Å². The van der Waals surface area contributed by atoms with Crippen molar-refractivity contribution in [1.82, 2.24) is 0 Å². The number of hydrogen-bond donors (Lipinski definition) is 0. The van der Waals surface area contributed by atoms with Crippen molar-refractivity contribution >= 4 is 5.69 Å². The fourth-order valence-corrected chi connectivity index (χ4v) is 2.58. The first-order chi connectivity index (χ1) is 9.02. The van der Waals surface area contributed by atoms with Crippen LogP contribution in [0, 0.1) is 22.6 Å². The molecule has 0 atom stereocenters. The van der Waals surface area contributed by atoms with Crippen LogP contribution >= 0.6 is 0 Å². The molecule has 0 N–H and O–H groups in total. The van der Waals surface area contributed by atoms with Gasteiger partial charge in [-0.25, -0.2) is 4.39 Å². The van der Waals surface area contributed by atoms with E-state index in [1.54, 1.807) is 6.07 Å². The van der Waals surface area contributed by atoms with E-state index >= 15 is 0 Å². The van der Waals surface area contributed by atoms with Gasteiger partial charge in [0, 0.05) is 18.8 Å². The quantitative estimate of drug-likeness (QED) is 0.750. The Balaban J connectivity index is 1.84. The van der Waals surface area contributed by atoms with Crippen molar-refractivity contribution in [3.05, 3.63) is 29.6 Å². The molecule has 1 aromatic carbocycles. The molecule has 0 unspecified atom stereocenters. The van der Waals surface area contributed by atoms with Crippen molar-refractivity contribution in [2.24, 2.45) is 5.41 Å². The summed E-state index contributed by atoms with van der Waals surface area (Å²) in [5.74, 6) is -0.156. The molecule has 2 rings (SSSR count). The van der Waals surface area contributed by atoms with Gasteiger partial charge in [0.2, 0.25) is 0 Å². The first-order valence-corrected chi connectivity index (χ1v) is 6.96. The molecule has 19 heavy (non-hydrogen) atoms. The monoisotopic (exact) mass is 260 g/mol. The van der Waals surface area contributed by atoms with E-state index in [-0.39, 0.29) is 11.2 Å². The summed E-state index contributed by atoms with van der Waals surface area (Å²) in [7, 11) is 0. The predicted octanol–water partition coefficient (Wildman–Crippen LogP) is 3.91. The molecule has 0 bridgehead atoms. The van der Waals surface area contributed by atoms with E-state index < -0.39 is 0 Å². The maximum absolute atomic E-state index is 13.3. The Morgan fingerprint density at radius 3 is 2.89 bits per heavy atom. The van der Waals surface area contributed by atoms with E-state index in [9.17, 15) is 4.39 Å². The Kier molecular flexibility index (Phi) is 4.09. The maximum atomic E-state index is 13.3. The lowest BCUT2D eigenvalue weighted by atomic mass is 9.89. The van der Waals surface area contributed by atoms with Gasteiger partial charge in [-0.2, -0.15) is 5.26 Å². The minimum absolute atomic E-state index is 0.156. The zero-order valence-corrected chi connectivity index (χ0v) is 11.7. The Morgan fingerprint density at radius 1 is 1.37 bits per heavy atom. The molecule has 1 aliphatic rings. The number of nitriles is 1. The van der Waals surface area contributed by atoms with Gasteiger partial charge >= 0.3 is 0 Å². The number of hydrogen-bond acceptors (Lipinski definition) is 2. The number of anilines is 1. The largest absolute Gasteiger partial charge is 0.371 e. The first-order valence-electron chi connectivity index (χ1n) is 6.96. The third-order valence-electron chi connectivity index (χ3n) is 3.82. The van der Waals surface area contributed by atoms with Gasteiger partial charge in [0.05, 0.1) is 11.5 Å². The lowest BCUT2D eigenvalue weighted by Gasteiger charge is -2.20. The van der Waals surface area contributed by atoms with Crippen LogP contribution in [0.4, 0.5) is 10.1 Å². The topological polar surface area (TPSA) is 27.0 Å². The summed E-state index contributed by atoms with van der Waals surface area (Å²) in [6.07, 6.45) is 4.04. The number of benzene rings is 1. The molecule has 0 aliphatic carbocycles. The summed E-state index contributed by atoms with van der Waals surface area (Å²) < 4.78 is 13.3. The second-order valence-corrected chi connectivity index (χ2v) is 5.96. The van der Waals surface area contributed by atoms with Gasteiger partial charge in [-0.15, -0.1) is 0 Å². The van der Waals surface area contributed by atoms with Crippen molar-refractivity contribution in [3.8, 4) is 6.07 Å². The van der Waals surface area contributed by atoms with Crippen molar-refractivity contribution in [2.45, 2.75) is 39.5 Å². The summed E-state index contributed by atoms with van der Waals surface area (Å²) in [4.78, 5) is 2.26. The molecule has 0 radical (unpaired) electrons. The van der Waals surface area contributed by atoms with Crippen LogP contribution in [0.2, 0.25) is 0 Å². The zero-order chi connectivity index (χ0) is 13.9. The van der Waals surface area contributed by atoms with Gasteiger partial charge in [0.1, 0.15) is 5.82 Å². The molecular formula is C16H21FN2. The van der Waals surface area contributed by atoms with E-state index in [1.165, 1.54) is 11.6 Å². The Labute approximate surface area is 114 Å². The summed E-state index contributed by atoms with van der Waals surface area (Å²) in [6.45, 7) is 5.90. The molecule has 2 nitrogen and oxygen atoms in total. The van der Waals surface area contributed by atoms with Crippen molar-refractivity contribution in [2.75, 3.05) is 18.0 Å². The molecule has 0 aromatic heterocycles. The highest BCUT2D eigenvalue weighted by Gasteiger charge is 2.20. The second-order valence-electron chi connectivity index (χ2n) is 5.96. The fraction of sp³-hybridized carbons (Fsp3) is 0.562. The average molecular weight is 260 g/mol. The number of halogens is 1. The lowest BCUT2D eigenvalue weighted by molar-refractivity contribution is 0.427. The molecule has 1 heterocycles. The first kappa shape index (κ1) is 13.9. The average Bonchev–Trinajstić information content (AvgIpc) is 2.77. The summed E-state index contributed by atoms with van der Waals surface area (Å²) in [5.41, 5.74) is 2.08. The lowest BCUT2D eigenvalue weighted by Crippen LogP contribution is -2.22. The third-order valence-corrected chi connectivity index (χ3v) is 3.82. The highest BCUT2D eigenvalue weighted by Crippen LogP contribution is 2.29. The van der Waals surface area contributed by atoms with Crippen LogP contribution in [0.3, 0.4) is 0 Å². The second kappa shape index (κ2) is 5.61. The molecule has 0 amide bonds. The van der Waals surface area contributed by atoms with Gasteiger partial charge in [0.15, 0.2) is 0 Å². The number of unbranched alkanes of at least 4 members (excludes halogenated alkanes) is 1. The van der Waals surface area contributed by atoms with Crippen molar-refractivity contribution in [3.63, 3.8) is 0 Å². The molecular weight excluding hydrogens is 239 g/mol. The molecule has 1 aromatic rings. The zero-order valence-electron chi connectivity index (χ0n) is 11.7. The van der Waals surface area contributed by atoms with E-state index in [0.717, 1.165) is 44.5 Å². The summed E-state index contributed by atoms with van der Waals surface area (Å²) in [5, 5.41) is 8.96. The van der Waals surface area contributed by atoms with E-state index in [1.807, 2.05) is 19.9 Å². The molecule has 0 spiro atoms.